The second kappa shape index (κ2) is 14.4. The monoisotopic (exact) mass is 624 g/mol. The Morgan fingerprint density at radius 3 is 2.44 bits per heavy atom. The minimum Gasteiger partial charge on any atom is -0.482 e. The van der Waals surface area contributed by atoms with Gasteiger partial charge in [0, 0.05) is 50.0 Å². The zero-order valence-corrected chi connectivity index (χ0v) is 24.6. The first-order valence-electron chi connectivity index (χ1n) is 13.9. The highest BCUT2D eigenvalue weighted by Crippen LogP contribution is 2.25. The van der Waals surface area contributed by atoms with Crippen molar-refractivity contribution in [3.63, 3.8) is 0 Å². The molecule has 10 nitrogen and oxygen atoms in total. The van der Waals surface area contributed by atoms with Crippen LogP contribution in [0.1, 0.15) is 52.2 Å². The predicted octanol–water partition coefficient (Wildman–Crippen LogP) is 4.17. The fourth-order valence-corrected chi connectivity index (χ4v) is 4.47. The summed E-state index contributed by atoms with van der Waals surface area (Å²) >= 11 is 0. The van der Waals surface area contributed by atoms with Gasteiger partial charge in [0.05, 0.1) is 12.6 Å². The Balaban J connectivity index is 1.76. The van der Waals surface area contributed by atoms with Crippen LogP contribution in [0.5, 0.6) is 5.75 Å². The van der Waals surface area contributed by atoms with Crippen LogP contribution in [0, 0.1) is 17.5 Å². The fraction of sp³-hybridized carbons (Fsp3) is 0.250. The molecular weight excluding hydrogens is 593 g/mol. The maximum Gasteiger partial charge on any atom is 0.302 e. The molecule has 236 valence electrons. The summed E-state index contributed by atoms with van der Waals surface area (Å²) in [4.78, 5) is 53.3. The lowest BCUT2D eigenvalue weighted by molar-refractivity contribution is -0.140. The van der Waals surface area contributed by atoms with Gasteiger partial charge in [-0.2, -0.15) is 0 Å². The molecule has 0 saturated heterocycles. The van der Waals surface area contributed by atoms with E-state index in [1.807, 2.05) is 0 Å². The highest BCUT2D eigenvalue weighted by molar-refractivity contribution is 5.99. The highest BCUT2D eigenvalue weighted by atomic mass is 19.1. The number of fused-ring (bicyclic) bond motifs is 1. The summed E-state index contributed by atoms with van der Waals surface area (Å²) in [5.41, 5.74) is -1.50. The van der Waals surface area contributed by atoms with E-state index in [0.29, 0.717) is 24.1 Å². The first-order chi connectivity index (χ1) is 21.5. The zero-order chi connectivity index (χ0) is 32.7. The smallest absolute Gasteiger partial charge is 0.302 e. The van der Waals surface area contributed by atoms with Crippen molar-refractivity contribution >= 4 is 17.8 Å². The second-order valence-electron chi connectivity index (χ2n) is 10.0. The fourth-order valence-electron chi connectivity index (χ4n) is 4.47. The van der Waals surface area contributed by atoms with Crippen molar-refractivity contribution < 1.29 is 37.0 Å². The summed E-state index contributed by atoms with van der Waals surface area (Å²) in [5, 5.41) is 3.94. The van der Waals surface area contributed by atoms with Crippen molar-refractivity contribution in [2.45, 2.75) is 39.5 Å². The van der Waals surface area contributed by atoms with Crippen LogP contribution < -0.4 is 20.5 Å². The number of pyridine rings is 1. The second-order valence-corrected chi connectivity index (χ2v) is 10.0. The van der Waals surface area contributed by atoms with E-state index >= 15 is 0 Å². The van der Waals surface area contributed by atoms with Gasteiger partial charge < -0.3 is 14.8 Å². The van der Waals surface area contributed by atoms with Gasteiger partial charge in [-0.25, -0.2) is 13.2 Å². The van der Waals surface area contributed by atoms with Crippen molar-refractivity contribution in [1.29, 1.82) is 0 Å². The van der Waals surface area contributed by atoms with Gasteiger partial charge in [0.2, 0.25) is 5.43 Å². The summed E-state index contributed by atoms with van der Waals surface area (Å²) in [6, 6.07) is 9.34. The minimum atomic E-state index is -1.21. The first kappa shape index (κ1) is 32.6. The van der Waals surface area contributed by atoms with Crippen LogP contribution in [0.2, 0.25) is 0 Å². The average Bonchev–Trinajstić information content (AvgIpc) is 3.00. The number of hydrogen-bond donors (Lipinski definition) is 1. The quantitative estimate of drug-likeness (QED) is 0.183. The molecule has 0 bridgehead atoms. The minimum absolute atomic E-state index is 0.0306. The van der Waals surface area contributed by atoms with E-state index in [9.17, 15) is 32.3 Å². The molecule has 1 N–H and O–H groups in total. The third kappa shape index (κ3) is 7.61. The largest absolute Gasteiger partial charge is 0.482 e. The van der Waals surface area contributed by atoms with E-state index in [-0.39, 0.29) is 25.6 Å². The Kier molecular flexibility index (Phi) is 10.4. The number of amides is 2. The predicted molar refractivity (Wildman–Crippen MR) is 158 cm³/mol. The number of esters is 1. The van der Waals surface area contributed by atoms with E-state index in [0.717, 1.165) is 6.20 Å². The molecule has 1 atom stereocenters. The van der Waals surface area contributed by atoms with Gasteiger partial charge in [0.1, 0.15) is 36.3 Å². The van der Waals surface area contributed by atoms with Crippen molar-refractivity contribution in [2.75, 3.05) is 18.3 Å². The lowest BCUT2D eigenvalue weighted by Gasteiger charge is -2.41. The first-order valence-corrected chi connectivity index (χ1v) is 13.9. The van der Waals surface area contributed by atoms with Crippen LogP contribution in [-0.4, -0.2) is 46.7 Å². The van der Waals surface area contributed by atoms with Crippen LogP contribution in [0.25, 0.3) is 0 Å². The molecule has 45 heavy (non-hydrogen) atoms. The summed E-state index contributed by atoms with van der Waals surface area (Å²) in [6.07, 6.45) is 6.18. The maximum absolute atomic E-state index is 14.2. The molecule has 2 heterocycles. The number of carbonyl (C=O) groups excluding carboxylic acids is 3. The molecule has 0 fully saturated rings. The molecule has 1 unspecified atom stereocenters. The molecule has 1 aromatic heterocycles. The lowest BCUT2D eigenvalue weighted by Crippen LogP contribution is -2.56. The summed E-state index contributed by atoms with van der Waals surface area (Å²) in [5.74, 6) is -6.02. The van der Waals surface area contributed by atoms with Crippen LogP contribution in [0.4, 0.5) is 13.2 Å². The number of nitrogens with zero attached hydrogens (tertiary/aromatic N) is 3. The van der Waals surface area contributed by atoms with Crippen molar-refractivity contribution in [1.82, 2.24) is 14.9 Å². The standard InChI is InChI=1S/C32H31F3N4O6/c1-4-20(2)39-19-37(12-8-9-13-44-21(3)40)32(43)28-30(45-18-22-10-6-5-7-11-22)29(41)25(17-38(28)39)31(42)36-16-24-26(34)14-23(33)15-27(24)35/h4-8,10-12,14-15,17,20H,1,9,13,16,18-19H2,2-3H3,(H,36,42). The van der Waals surface area contributed by atoms with Crippen molar-refractivity contribution in [3.8, 4) is 5.75 Å². The average molecular weight is 625 g/mol. The number of halogens is 3. The maximum atomic E-state index is 14.2. The number of hydrogen-bond acceptors (Lipinski definition) is 7. The SMILES string of the molecule is C=CC(C)N1CN(C=CCCOC(C)=O)C(=O)c2c(OCc3ccccc3)c(=O)c(C(=O)NCc3c(F)cc(F)cc3F)cn21. The molecule has 0 aliphatic carbocycles. The molecule has 0 radical (unpaired) electrons. The number of carbonyl (C=O) groups is 3. The normalized spacial score (nSPS) is 13.4. The van der Waals surface area contributed by atoms with E-state index in [1.54, 1.807) is 54.4 Å². The number of rotatable bonds is 12. The molecule has 13 heteroatoms. The van der Waals surface area contributed by atoms with Gasteiger partial charge in [-0.05, 0) is 12.5 Å². The summed E-state index contributed by atoms with van der Waals surface area (Å²) in [7, 11) is 0. The summed E-state index contributed by atoms with van der Waals surface area (Å²) < 4.78 is 54.0. The van der Waals surface area contributed by atoms with Crippen molar-refractivity contribution in [2.24, 2.45) is 0 Å². The number of benzene rings is 2. The highest BCUT2D eigenvalue weighted by Gasteiger charge is 2.36. The number of aromatic nitrogens is 1. The van der Waals surface area contributed by atoms with E-state index in [1.165, 1.54) is 22.7 Å². The molecule has 3 aromatic rings. The third-order valence-corrected chi connectivity index (χ3v) is 6.87. The van der Waals surface area contributed by atoms with Crippen LogP contribution in [0.15, 0.2) is 78.4 Å². The number of ether oxygens (including phenoxy) is 2. The zero-order valence-electron chi connectivity index (χ0n) is 24.6. The molecule has 4 rings (SSSR count). The van der Waals surface area contributed by atoms with Gasteiger partial charge >= 0.3 is 5.97 Å². The van der Waals surface area contributed by atoms with Gasteiger partial charge in [-0.1, -0.05) is 42.5 Å². The Bertz CT molecular complexity index is 1670. The molecule has 2 aromatic carbocycles. The molecule has 0 saturated carbocycles. The molecule has 2 amide bonds. The Morgan fingerprint density at radius 1 is 1.11 bits per heavy atom. The summed E-state index contributed by atoms with van der Waals surface area (Å²) in [6.45, 7) is 6.14. The van der Waals surface area contributed by atoms with E-state index in [4.69, 9.17) is 9.47 Å². The Morgan fingerprint density at radius 2 is 1.80 bits per heavy atom. The van der Waals surface area contributed by atoms with Gasteiger partial charge in [0.25, 0.3) is 11.8 Å². The van der Waals surface area contributed by atoms with Crippen LogP contribution in [0.3, 0.4) is 0 Å². The molecule has 1 aliphatic heterocycles. The van der Waals surface area contributed by atoms with Crippen molar-refractivity contribution in [3.05, 3.63) is 124 Å². The van der Waals surface area contributed by atoms with Crippen LogP contribution >= 0.6 is 0 Å². The third-order valence-electron chi connectivity index (χ3n) is 6.87. The molecular formula is C32H31F3N4O6. The molecule has 0 spiro atoms. The van der Waals surface area contributed by atoms with E-state index < -0.39 is 70.1 Å². The number of nitrogens with one attached hydrogen (secondary N) is 1. The lowest BCUT2D eigenvalue weighted by atomic mass is 10.1. The van der Waals surface area contributed by atoms with Gasteiger partial charge in [0.15, 0.2) is 11.4 Å². The van der Waals surface area contributed by atoms with Crippen LogP contribution in [-0.2, 0) is 22.7 Å². The van der Waals surface area contributed by atoms with Gasteiger partial charge in [-0.15, -0.1) is 6.58 Å². The topological polar surface area (TPSA) is 110 Å². The molecule has 1 aliphatic rings. The Labute approximate surface area is 256 Å². The van der Waals surface area contributed by atoms with Gasteiger partial charge in [-0.3, -0.25) is 33.8 Å². The van der Waals surface area contributed by atoms with E-state index in [2.05, 4.69) is 11.9 Å². The Hall–Kier alpha value is -5.33.